The molecule has 1 heterocycles. The Balaban J connectivity index is 1.46. The fourth-order valence-corrected chi connectivity index (χ4v) is 5.12. The van der Waals surface area contributed by atoms with E-state index in [-0.39, 0.29) is 18.4 Å². The summed E-state index contributed by atoms with van der Waals surface area (Å²) in [6.07, 6.45) is 2.83. The normalized spacial score (nSPS) is 26.4. The summed E-state index contributed by atoms with van der Waals surface area (Å²) >= 11 is 1.33. The fourth-order valence-electron chi connectivity index (χ4n) is 4.03. The van der Waals surface area contributed by atoms with Crippen molar-refractivity contribution in [3.63, 3.8) is 0 Å². The van der Waals surface area contributed by atoms with Crippen molar-refractivity contribution in [1.29, 1.82) is 0 Å². The van der Waals surface area contributed by atoms with Crippen molar-refractivity contribution in [2.24, 2.45) is 17.8 Å². The van der Waals surface area contributed by atoms with Crippen LogP contribution >= 0.6 is 11.8 Å². The Bertz CT molecular complexity index is 765. The number of hydrogen-bond acceptors (Lipinski definition) is 6. The van der Waals surface area contributed by atoms with E-state index in [1.54, 1.807) is 0 Å². The van der Waals surface area contributed by atoms with Gasteiger partial charge in [-0.3, -0.25) is 9.59 Å². The van der Waals surface area contributed by atoms with E-state index in [9.17, 15) is 14.4 Å². The van der Waals surface area contributed by atoms with Crippen molar-refractivity contribution in [1.82, 2.24) is 0 Å². The van der Waals surface area contributed by atoms with Gasteiger partial charge in [0.25, 0.3) is 0 Å². The van der Waals surface area contributed by atoms with Gasteiger partial charge < -0.3 is 14.8 Å². The zero-order valence-electron chi connectivity index (χ0n) is 17.2. The Labute approximate surface area is 176 Å². The van der Waals surface area contributed by atoms with Crippen molar-refractivity contribution in [3.05, 3.63) is 24.3 Å². The van der Waals surface area contributed by atoms with E-state index < -0.39 is 23.8 Å². The van der Waals surface area contributed by atoms with Crippen molar-refractivity contribution >= 4 is 35.3 Å². The number of carbonyl (C=O) groups excluding carboxylic acids is 3. The van der Waals surface area contributed by atoms with Gasteiger partial charge in [0.2, 0.25) is 5.91 Å². The van der Waals surface area contributed by atoms with Gasteiger partial charge >= 0.3 is 11.9 Å². The predicted molar refractivity (Wildman–Crippen MR) is 112 cm³/mol. The van der Waals surface area contributed by atoms with Gasteiger partial charge in [-0.05, 0) is 42.7 Å². The average molecular weight is 420 g/mol. The smallest absolute Gasteiger partial charge is 0.344 e. The lowest BCUT2D eigenvalue weighted by atomic mass is 9.75. The lowest BCUT2D eigenvalue weighted by molar-refractivity contribution is -0.167. The molecule has 1 aromatic rings. The molecule has 1 fully saturated rings. The van der Waals surface area contributed by atoms with E-state index in [0.717, 1.165) is 29.8 Å². The van der Waals surface area contributed by atoms with Gasteiger partial charge in [0, 0.05) is 4.90 Å². The molecule has 0 radical (unpaired) electrons. The number of thioether (sulfide) groups is 1. The van der Waals surface area contributed by atoms with E-state index in [0.29, 0.717) is 17.8 Å². The number of para-hydroxylation sites is 1. The molecular formula is C22H29NO5S. The minimum Gasteiger partial charge on any atom is -0.460 e. The first kappa shape index (κ1) is 21.7. The Hall–Kier alpha value is -2.02. The Morgan fingerprint density at radius 3 is 2.72 bits per heavy atom. The van der Waals surface area contributed by atoms with E-state index in [1.807, 2.05) is 24.3 Å². The van der Waals surface area contributed by atoms with Crippen LogP contribution in [0.1, 0.15) is 46.5 Å². The third-order valence-electron chi connectivity index (χ3n) is 5.65. The Morgan fingerprint density at radius 1 is 1.21 bits per heavy atom. The number of nitrogens with one attached hydrogen (secondary N) is 1. The summed E-state index contributed by atoms with van der Waals surface area (Å²) in [6, 6.07) is 7.44. The standard InChI is InChI=1S/C22H29NO5S/c1-13(2)15-9-8-14(3)10-17(15)28-21(25)12-27-20(24)11-19-22(26)23-16-6-4-5-7-18(16)29-19/h4-7,13-15,17,19H,8-12H2,1-3H3,(H,23,26)/t14-,15+,17-,19-/m0/s1. The van der Waals surface area contributed by atoms with Crippen LogP contribution in [0.3, 0.4) is 0 Å². The van der Waals surface area contributed by atoms with Crippen LogP contribution in [0.2, 0.25) is 0 Å². The minimum atomic E-state index is -0.577. The number of benzene rings is 1. The van der Waals surface area contributed by atoms with Crippen LogP contribution in [0.25, 0.3) is 0 Å². The van der Waals surface area contributed by atoms with Gasteiger partial charge in [-0.25, -0.2) is 4.79 Å². The van der Waals surface area contributed by atoms with Crippen molar-refractivity contribution in [3.8, 4) is 0 Å². The molecule has 0 bridgehead atoms. The molecule has 1 aliphatic heterocycles. The maximum absolute atomic E-state index is 12.2. The molecular weight excluding hydrogens is 390 g/mol. The van der Waals surface area contributed by atoms with E-state index in [4.69, 9.17) is 9.47 Å². The van der Waals surface area contributed by atoms with Crippen LogP contribution in [-0.4, -0.2) is 35.8 Å². The van der Waals surface area contributed by atoms with Crippen LogP contribution in [0.15, 0.2) is 29.2 Å². The van der Waals surface area contributed by atoms with Crippen LogP contribution in [0.5, 0.6) is 0 Å². The molecule has 1 N–H and O–H groups in total. The van der Waals surface area contributed by atoms with E-state index >= 15 is 0 Å². The summed E-state index contributed by atoms with van der Waals surface area (Å²) in [6.45, 7) is 6.05. The van der Waals surface area contributed by atoms with Crippen molar-refractivity contribution in [2.45, 2.75) is 62.7 Å². The van der Waals surface area contributed by atoms with Crippen molar-refractivity contribution < 1.29 is 23.9 Å². The van der Waals surface area contributed by atoms with Crippen molar-refractivity contribution in [2.75, 3.05) is 11.9 Å². The summed E-state index contributed by atoms with van der Waals surface area (Å²) in [7, 11) is 0. The number of anilines is 1. The molecule has 0 unspecified atom stereocenters. The highest BCUT2D eigenvalue weighted by atomic mass is 32.2. The number of carbonyl (C=O) groups is 3. The summed E-state index contributed by atoms with van der Waals surface area (Å²) in [5.74, 6) is -0.0271. The quantitative estimate of drug-likeness (QED) is 0.701. The minimum absolute atomic E-state index is 0.0901. The van der Waals surface area contributed by atoms with Gasteiger partial charge in [0.15, 0.2) is 6.61 Å². The zero-order chi connectivity index (χ0) is 21.0. The molecule has 7 heteroatoms. The zero-order valence-corrected chi connectivity index (χ0v) is 18.0. The third kappa shape index (κ3) is 5.75. The van der Waals surface area contributed by atoms with Crippen LogP contribution < -0.4 is 5.32 Å². The molecule has 4 atom stereocenters. The van der Waals surface area contributed by atoms with Gasteiger partial charge in [-0.2, -0.15) is 0 Å². The maximum Gasteiger partial charge on any atom is 0.344 e. The topological polar surface area (TPSA) is 81.7 Å². The summed E-state index contributed by atoms with van der Waals surface area (Å²) in [4.78, 5) is 37.5. The highest BCUT2D eigenvalue weighted by molar-refractivity contribution is 8.01. The molecule has 2 aliphatic rings. The van der Waals surface area contributed by atoms with Crippen LogP contribution in [0, 0.1) is 17.8 Å². The number of hydrogen-bond donors (Lipinski definition) is 1. The molecule has 29 heavy (non-hydrogen) atoms. The number of esters is 2. The fraction of sp³-hybridized carbons (Fsp3) is 0.591. The molecule has 158 valence electrons. The highest BCUT2D eigenvalue weighted by Gasteiger charge is 2.34. The third-order valence-corrected chi connectivity index (χ3v) is 6.93. The van der Waals surface area contributed by atoms with E-state index in [2.05, 4.69) is 26.1 Å². The monoisotopic (exact) mass is 419 g/mol. The lowest BCUT2D eigenvalue weighted by Crippen LogP contribution is -2.37. The summed E-state index contributed by atoms with van der Waals surface area (Å²) < 4.78 is 10.7. The molecule has 1 aliphatic carbocycles. The van der Waals surface area contributed by atoms with E-state index in [1.165, 1.54) is 11.8 Å². The maximum atomic E-state index is 12.2. The second-order valence-electron chi connectivity index (χ2n) is 8.31. The molecule has 6 nitrogen and oxygen atoms in total. The lowest BCUT2D eigenvalue weighted by Gasteiger charge is -2.36. The summed E-state index contributed by atoms with van der Waals surface area (Å²) in [5.41, 5.74) is 0.747. The predicted octanol–water partition coefficient (Wildman–Crippen LogP) is 4.04. The molecule has 0 aromatic heterocycles. The van der Waals surface area contributed by atoms with Crippen LogP contribution in [-0.2, 0) is 23.9 Å². The Kier molecular flexibility index (Phi) is 7.22. The first-order chi connectivity index (χ1) is 13.8. The molecule has 3 rings (SSSR count). The molecule has 0 spiro atoms. The molecule has 1 aromatic carbocycles. The molecule has 0 saturated heterocycles. The molecule has 1 amide bonds. The van der Waals surface area contributed by atoms with Gasteiger partial charge in [0.1, 0.15) is 6.10 Å². The number of amides is 1. The van der Waals surface area contributed by atoms with Gasteiger partial charge in [-0.15, -0.1) is 11.8 Å². The first-order valence-electron chi connectivity index (χ1n) is 10.2. The second-order valence-corrected chi connectivity index (χ2v) is 9.56. The number of ether oxygens (including phenoxy) is 2. The average Bonchev–Trinajstić information content (AvgIpc) is 2.67. The molecule has 1 saturated carbocycles. The van der Waals surface area contributed by atoms with Crippen LogP contribution in [0.4, 0.5) is 5.69 Å². The first-order valence-corrected chi connectivity index (χ1v) is 11.1. The van der Waals surface area contributed by atoms with Gasteiger partial charge in [0.05, 0.1) is 17.4 Å². The highest BCUT2D eigenvalue weighted by Crippen LogP contribution is 2.37. The van der Waals surface area contributed by atoms with Gasteiger partial charge in [-0.1, -0.05) is 39.3 Å². The number of fused-ring (bicyclic) bond motifs is 1. The second kappa shape index (κ2) is 9.65. The summed E-state index contributed by atoms with van der Waals surface area (Å²) in [5, 5.41) is 2.22. The Morgan fingerprint density at radius 2 is 1.97 bits per heavy atom. The number of rotatable bonds is 6. The largest absolute Gasteiger partial charge is 0.460 e. The SMILES string of the molecule is CC(C)[C@H]1CC[C@H](C)C[C@@H]1OC(=O)COC(=O)C[C@@H]1Sc2ccccc2NC1=O.